The van der Waals surface area contributed by atoms with Crippen molar-refractivity contribution in [3.63, 3.8) is 0 Å². The summed E-state index contributed by atoms with van der Waals surface area (Å²) in [4.78, 5) is 37.2. The third kappa shape index (κ3) is 4.28. The molecule has 1 fully saturated rings. The van der Waals surface area contributed by atoms with Crippen LogP contribution in [-0.4, -0.2) is 47.3 Å². The molecular weight excluding hydrogens is 400 g/mol. The van der Waals surface area contributed by atoms with Gasteiger partial charge in [0, 0.05) is 50.2 Å². The first kappa shape index (κ1) is 20.6. The zero-order valence-corrected chi connectivity index (χ0v) is 17.1. The number of fused-ring (bicyclic) bond motifs is 1. The van der Waals surface area contributed by atoms with Crippen LogP contribution in [0.2, 0.25) is 0 Å². The molecule has 31 heavy (non-hydrogen) atoms. The Hall–Kier alpha value is -3.68. The topological polar surface area (TPSA) is 99.0 Å². The molecule has 0 N–H and O–H groups in total. The molecule has 2 aliphatic rings. The number of nitro groups is 1. The Balaban J connectivity index is 1.39. The van der Waals surface area contributed by atoms with E-state index in [1.165, 1.54) is 18.2 Å². The maximum atomic E-state index is 12.6. The molecule has 4 rings (SSSR count). The molecule has 160 valence electrons. The second kappa shape index (κ2) is 8.22. The van der Waals surface area contributed by atoms with Gasteiger partial charge in [-0.2, -0.15) is 0 Å². The van der Waals surface area contributed by atoms with E-state index < -0.39 is 10.5 Å². The second-order valence-corrected chi connectivity index (χ2v) is 7.75. The highest BCUT2D eigenvalue weighted by molar-refractivity contribution is 6.00. The maximum Gasteiger partial charge on any atom is 0.269 e. The number of carbonyl (C=O) groups excluding carboxylic acids is 2. The van der Waals surface area contributed by atoms with Gasteiger partial charge in [-0.1, -0.05) is 0 Å². The van der Waals surface area contributed by atoms with E-state index in [2.05, 4.69) is 0 Å². The molecule has 2 aromatic carbocycles. The first-order valence-electron chi connectivity index (χ1n) is 10.0. The number of carbonyl (C=O) groups is 2. The van der Waals surface area contributed by atoms with Gasteiger partial charge in [-0.15, -0.1) is 0 Å². The van der Waals surface area contributed by atoms with Crippen molar-refractivity contribution in [1.29, 1.82) is 0 Å². The summed E-state index contributed by atoms with van der Waals surface area (Å²) in [6, 6.07) is 11.2. The highest BCUT2D eigenvalue weighted by Crippen LogP contribution is 2.40. The molecule has 2 heterocycles. The number of Topliss-reactive ketones (excluding diaryl/α,β-unsaturated/α-hetero) is 1. The number of non-ortho nitro benzene ring substituents is 1. The summed E-state index contributed by atoms with van der Waals surface area (Å²) in [6.07, 6.45) is 4.53. The van der Waals surface area contributed by atoms with Crippen molar-refractivity contribution in [3.8, 4) is 11.5 Å². The molecular formula is C23H22N2O6. The minimum atomic E-state index is -0.602. The van der Waals surface area contributed by atoms with Crippen LogP contribution in [0.15, 0.2) is 48.5 Å². The van der Waals surface area contributed by atoms with Crippen LogP contribution in [0.3, 0.4) is 0 Å². The summed E-state index contributed by atoms with van der Waals surface area (Å²) in [5.41, 5.74) is 0.677. The lowest BCUT2D eigenvalue weighted by Gasteiger charge is -2.43. The van der Waals surface area contributed by atoms with E-state index in [1.807, 2.05) is 0 Å². The van der Waals surface area contributed by atoms with Gasteiger partial charge in [-0.05, 0) is 35.9 Å². The van der Waals surface area contributed by atoms with E-state index >= 15 is 0 Å². The van der Waals surface area contributed by atoms with Gasteiger partial charge in [-0.3, -0.25) is 19.7 Å². The number of ketones is 1. The fourth-order valence-electron chi connectivity index (χ4n) is 4.00. The summed E-state index contributed by atoms with van der Waals surface area (Å²) in [7, 11) is 1.57. The molecule has 1 spiro atoms. The van der Waals surface area contributed by atoms with Crippen LogP contribution in [0, 0.1) is 10.1 Å². The highest BCUT2D eigenvalue weighted by atomic mass is 16.6. The molecule has 1 saturated heterocycles. The minimum Gasteiger partial charge on any atom is -0.497 e. The minimum absolute atomic E-state index is 0.00558. The van der Waals surface area contributed by atoms with E-state index in [4.69, 9.17) is 9.47 Å². The quantitative estimate of drug-likeness (QED) is 0.424. The predicted molar refractivity (Wildman–Crippen MR) is 113 cm³/mol. The van der Waals surface area contributed by atoms with Gasteiger partial charge < -0.3 is 14.4 Å². The first-order chi connectivity index (χ1) is 14.9. The van der Waals surface area contributed by atoms with Crippen molar-refractivity contribution in [2.24, 2.45) is 0 Å². The molecule has 0 aliphatic carbocycles. The standard InChI is InChI=1S/C23H22N2O6/c1-30-18-7-8-19-20(26)15-23(31-21(19)14-18)10-12-24(13-11-23)22(27)9-4-16-2-5-17(6-3-16)25(28)29/h2-9,14H,10-13,15H2,1H3/b9-4+. The Bertz CT molecular complexity index is 1050. The monoisotopic (exact) mass is 422 g/mol. The molecule has 2 aromatic rings. The maximum absolute atomic E-state index is 12.6. The molecule has 0 saturated carbocycles. The van der Waals surface area contributed by atoms with Gasteiger partial charge in [-0.25, -0.2) is 0 Å². The van der Waals surface area contributed by atoms with E-state index in [0.29, 0.717) is 55.0 Å². The number of ether oxygens (including phenoxy) is 2. The fraction of sp³-hybridized carbons (Fsp3) is 0.304. The number of rotatable bonds is 4. The smallest absolute Gasteiger partial charge is 0.269 e. The molecule has 2 aliphatic heterocycles. The van der Waals surface area contributed by atoms with Crippen LogP contribution in [0.5, 0.6) is 11.5 Å². The molecule has 0 atom stereocenters. The summed E-state index contributed by atoms with van der Waals surface area (Å²) < 4.78 is 11.5. The molecule has 1 amide bonds. The Morgan fingerprint density at radius 2 is 1.90 bits per heavy atom. The number of amides is 1. The van der Waals surface area contributed by atoms with Crippen LogP contribution in [0.25, 0.3) is 6.08 Å². The largest absolute Gasteiger partial charge is 0.497 e. The summed E-state index contributed by atoms with van der Waals surface area (Å²) >= 11 is 0. The van der Waals surface area contributed by atoms with Crippen LogP contribution >= 0.6 is 0 Å². The van der Waals surface area contributed by atoms with Gasteiger partial charge in [0.1, 0.15) is 17.1 Å². The molecule has 8 heteroatoms. The third-order valence-corrected chi connectivity index (χ3v) is 5.81. The van der Waals surface area contributed by atoms with E-state index in [9.17, 15) is 19.7 Å². The van der Waals surface area contributed by atoms with E-state index in [-0.39, 0.29) is 17.4 Å². The van der Waals surface area contributed by atoms with Crippen LogP contribution in [-0.2, 0) is 4.79 Å². The fourth-order valence-corrected chi connectivity index (χ4v) is 4.00. The number of nitrogens with zero attached hydrogens (tertiary/aromatic N) is 2. The lowest BCUT2D eigenvalue weighted by atomic mass is 9.82. The lowest BCUT2D eigenvalue weighted by molar-refractivity contribution is -0.384. The predicted octanol–water partition coefficient (Wildman–Crippen LogP) is 3.64. The number of benzene rings is 2. The number of piperidine rings is 1. The van der Waals surface area contributed by atoms with Crippen LogP contribution < -0.4 is 9.47 Å². The van der Waals surface area contributed by atoms with Crippen LogP contribution in [0.1, 0.15) is 35.2 Å². The summed E-state index contributed by atoms with van der Waals surface area (Å²) in [5.74, 6) is 1.07. The SMILES string of the molecule is COc1ccc2c(c1)OC1(CCN(C(=O)/C=C/c3ccc([N+](=O)[O-])cc3)CC1)CC2=O. The van der Waals surface area contributed by atoms with Crippen molar-refractivity contribution in [1.82, 2.24) is 4.90 Å². The lowest BCUT2D eigenvalue weighted by Crippen LogP contribution is -2.52. The molecule has 0 radical (unpaired) electrons. The van der Waals surface area contributed by atoms with Crippen molar-refractivity contribution in [2.75, 3.05) is 20.2 Å². The highest BCUT2D eigenvalue weighted by Gasteiger charge is 2.43. The Morgan fingerprint density at radius 3 is 2.55 bits per heavy atom. The van der Waals surface area contributed by atoms with Gasteiger partial charge in [0.2, 0.25) is 5.91 Å². The van der Waals surface area contributed by atoms with Crippen molar-refractivity contribution >= 4 is 23.5 Å². The molecule has 8 nitrogen and oxygen atoms in total. The van der Waals surface area contributed by atoms with Crippen LogP contribution in [0.4, 0.5) is 5.69 Å². The summed E-state index contributed by atoms with van der Waals surface area (Å²) in [5, 5.41) is 10.7. The molecule has 0 bridgehead atoms. The number of likely N-dealkylation sites (tertiary alicyclic amines) is 1. The Kier molecular flexibility index (Phi) is 5.46. The zero-order valence-electron chi connectivity index (χ0n) is 17.1. The summed E-state index contributed by atoms with van der Waals surface area (Å²) in [6.45, 7) is 0.964. The van der Waals surface area contributed by atoms with E-state index in [1.54, 1.807) is 48.4 Å². The number of nitro benzene ring substituents is 1. The van der Waals surface area contributed by atoms with E-state index in [0.717, 1.165) is 0 Å². The van der Waals surface area contributed by atoms with Crippen molar-refractivity contribution < 1.29 is 24.0 Å². The van der Waals surface area contributed by atoms with Gasteiger partial charge in [0.25, 0.3) is 5.69 Å². The first-order valence-corrected chi connectivity index (χ1v) is 10.0. The Morgan fingerprint density at radius 1 is 1.19 bits per heavy atom. The van der Waals surface area contributed by atoms with Gasteiger partial charge in [0.15, 0.2) is 5.78 Å². The number of hydrogen-bond acceptors (Lipinski definition) is 6. The van der Waals surface area contributed by atoms with Gasteiger partial charge in [0.05, 0.1) is 24.0 Å². The zero-order chi connectivity index (χ0) is 22.0. The Labute approximate surface area is 179 Å². The molecule has 0 aromatic heterocycles. The third-order valence-electron chi connectivity index (χ3n) is 5.81. The number of hydrogen-bond donors (Lipinski definition) is 0. The van der Waals surface area contributed by atoms with Gasteiger partial charge >= 0.3 is 0 Å². The molecule has 0 unspecified atom stereocenters. The average molecular weight is 422 g/mol. The number of methoxy groups -OCH3 is 1. The van der Waals surface area contributed by atoms with Crippen molar-refractivity contribution in [2.45, 2.75) is 24.9 Å². The average Bonchev–Trinajstić information content (AvgIpc) is 2.77. The normalized spacial score (nSPS) is 17.3. The van der Waals surface area contributed by atoms with Crippen molar-refractivity contribution in [3.05, 3.63) is 69.8 Å². The second-order valence-electron chi connectivity index (χ2n) is 7.75.